The first-order chi connectivity index (χ1) is 12.0. The summed E-state index contributed by atoms with van der Waals surface area (Å²) < 4.78 is 40.8. The number of hydrogen-bond donors (Lipinski definition) is 0. The Bertz CT molecular complexity index is 1100. The number of aldehydes is 1. The van der Waals surface area contributed by atoms with E-state index in [4.69, 9.17) is 0 Å². The van der Waals surface area contributed by atoms with Gasteiger partial charge in [0.15, 0.2) is 6.29 Å². The van der Waals surface area contributed by atoms with Crippen LogP contribution in [0.15, 0.2) is 59.8 Å². The minimum Gasteiger partial charge on any atom is -0.298 e. The van der Waals surface area contributed by atoms with Gasteiger partial charge in [0, 0.05) is 18.0 Å². The second-order valence-electron chi connectivity index (χ2n) is 5.00. The van der Waals surface area contributed by atoms with Gasteiger partial charge >= 0.3 is 0 Å². The lowest BCUT2D eigenvalue weighted by atomic mass is 10.1. The molecule has 1 aromatic carbocycles. The molecule has 3 rings (SSSR count). The van der Waals surface area contributed by atoms with Crippen molar-refractivity contribution >= 4 is 16.3 Å². The van der Waals surface area contributed by atoms with Crippen molar-refractivity contribution in [1.29, 1.82) is 5.26 Å². The summed E-state index contributed by atoms with van der Waals surface area (Å²) >= 11 is 0. The summed E-state index contributed by atoms with van der Waals surface area (Å²) in [7, 11) is -4.26. The van der Waals surface area contributed by atoms with Crippen molar-refractivity contribution < 1.29 is 17.6 Å². The third-order valence-corrected chi connectivity index (χ3v) is 5.24. The van der Waals surface area contributed by atoms with Crippen LogP contribution in [-0.2, 0) is 10.0 Å². The van der Waals surface area contributed by atoms with E-state index in [1.54, 1.807) is 6.07 Å². The van der Waals surface area contributed by atoms with Crippen LogP contribution < -0.4 is 0 Å². The number of aromatic nitrogens is 2. The molecular formula is C17H10FN3O3S. The molecule has 0 aliphatic carbocycles. The van der Waals surface area contributed by atoms with Crippen molar-refractivity contribution in [2.24, 2.45) is 0 Å². The molecule has 0 saturated heterocycles. The first-order valence-electron chi connectivity index (χ1n) is 7.02. The van der Waals surface area contributed by atoms with E-state index in [1.165, 1.54) is 42.6 Å². The molecular weight excluding hydrogens is 345 g/mol. The summed E-state index contributed by atoms with van der Waals surface area (Å²) in [5, 5.41) is 9.37. The molecule has 124 valence electrons. The second kappa shape index (κ2) is 6.30. The molecule has 25 heavy (non-hydrogen) atoms. The van der Waals surface area contributed by atoms with Crippen molar-refractivity contribution in [2.75, 3.05) is 0 Å². The van der Waals surface area contributed by atoms with Crippen molar-refractivity contribution in [1.82, 2.24) is 8.96 Å². The Morgan fingerprint density at radius 1 is 1.20 bits per heavy atom. The van der Waals surface area contributed by atoms with Crippen LogP contribution in [0.5, 0.6) is 0 Å². The van der Waals surface area contributed by atoms with Gasteiger partial charge in [-0.25, -0.2) is 16.8 Å². The largest absolute Gasteiger partial charge is 0.298 e. The molecule has 0 saturated carbocycles. The molecule has 6 nitrogen and oxygen atoms in total. The summed E-state index contributed by atoms with van der Waals surface area (Å²) in [6, 6.07) is 11.1. The van der Waals surface area contributed by atoms with Crippen LogP contribution in [0.1, 0.15) is 16.1 Å². The van der Waals surface area contributed by atoms with Gasteiger partial charge in [0.05, 0.1) is 11.3 Å². The molecule has 0 radical (unpaired) electrons. The molecule has 2 heterocycles. The van der Waals surface area contributed by atoms with Crippen molar-refractivity contribution in [3.8, 4) is 17.3 Å². The van der Waals surface area contributed by atoms with Crippen LogP contribution in [0.3, 0.4) is 0 Å². The van der Waals surface area contributed by atoms with Gasteiger partial charge in [0.1, 0.15) is 22.5 Å². The number of rotatable bonds is 4. The van der Waals surface area contributed by atoms with Crippen LogP contribution in [0.25, 0.3) is 11.3 Å². The molecule has 0 N–H and O–H groups in total. The second-order valence-corrected chi connectivity index (χ2v) is 6.79. The highest BCUT2D eigenvalue weighted by atomic mass is 32.2. The molecule has 0 aliphatic rings. The summed E-state index contributed by atoms with van der Waals surface area (Å²) in [4.78, 5) is 14.8. The number of halogens is 1. The lowest BCUT2D eigenvalue weighted by Crippen LogP contribution is -2.16. The molecule has 0 bridgehead atoms. The summed E-state index contributed by atoms with van der Waals surface area (Å²) in [6.07, 6.45) is 2.87. The fraction of sp³-hybridized carbons (Fsp3) is 0. The average Bonchev–Trinajstić information content (AvgIpc) is 3.02. The van der Waals surface area contributed by atoms with E-state index in [1.807, 2.05) is 0 Å². The molecule has 0 amide bonds. The van der Waals surface area contributed by atoms with Gasteiger partial charge in [0.25, 0.3) is 10.0 Å². The first kappa shape index (κ1) is 16.5. The molecule has 2 aromatic heterocycles. The summed E-state index contributed by atoms with van der Waals surface area (Å²) in [5.74, 6) is -0.676. The number of carbonyl (C=O) groups excluding carboxylic acids is 1. The van der Waals surface area contributed by atoms with Crippen LogP contribution in [0.2, 0.25) is 0 Å². The summed E-state index contributed by atoms with van der Waals surface area (Å²) in [5.41, 5.74) is -0.689. The number of nitriles is 1. The van der Waals surface area contributed by atoms with E-state index in [-0.39, 0.29) is 21.7 Å². The zero-order valence-corrected chi connectivity index (χ0v) is 13.4. The van der Waals surface area contributed by atoms with E-state index < -0.39 is 21.5 Å². The normalized spacial score (nSPS) is 11.0. The third-order valence-electron chi connectivity index (χ3n) is 3.54. The van der Waals surface area contributed by atoms with Crippen molar-refractivity contribution in [2.45, 2.75) is 4.90 Å². The Balaban J connectivity index is 2.40. The number of hydrogen-bond acceptors (Lipinski definition) is 5. The van der Waals surface area contributed by atoms with Gasteiger partial charge in [-0.15, -0.1) is 0 Å². The maximum absolute atomic E-state index is 14.2. The van der Waals surface area contributed by atoms with Crippen molar-refractivity contribution in [3.05, 3.63) is 71.9 Å². The Morgan fingerprint density at radius 3 is 2.56 bits per heavy atom. The van der Waals surface area contributed by atoms with E-state index in [0.29, 0.717) is 10.3 Å². The number of pyridine rings is 1. The van der Waals surface area contributed by atoms with Gasteiger partial charge in [0.2, 0.25) is 0 Å². The minimum atomic E-state index is -4.26. The summed E-state index contributed by atoms with van der Waals surface area (Å²) in [6.45, 7) is 0. The van der Waals surface area contributed by atoms with Gasteiger partial charge in [-0.1, -0.05) is 12.1 Å². The van der Waals surface area contributed by atoms with Crippen LogP contribution in [0, 0.1) is 17.1 Å². The van der Waals surface area contributed by atoms with Crippen LogP contribution in [0.4, 0.5) is 4.39 Å². The number of carbonyl (C=O) groups is 1. The van der Waals surface area contributed by atoms with E-state index in [2.05, 4.69) is 4.98 Å². The van der Waals surface area contributed by atoms with Gasteiger partial charge in [-0.2, -0.15) is 5.26 Å². The predicted molar refractivity (Wildman–Crippen MR) is 86.7 cm³/mol. The third kappa shape index (κ3) is 2.70. The maximum atomic E-state index is 14.2. The lowest BCUT2D eigenvalue weighted by Gasteiger charge is -2.12. The van der Waals surface area contributed by atoms with Gasteiger partial charge in [-0.3, -0.25) is 9.78 Å². The Morgan fingerprint density at radius 2 is 1.96 bits per heavy atom. The molecule has 0 unspecified atom stereocenters. The van der Waals surface area contributed by atoms with Gasteiger partial charge < -0.3 is 0 Å². The minimum absolute atomic E-state index is 0.0421. The molecule has 0 atom stereocenters. The zero-order chi connectivity index (χ0) is 18.0. The standard InChI is InChI=1S/C17H10FN3O3S/c18-15-6-2-1-5-14(15)16-8-12(11-22)17(9-19)21(16)25(23,24)13-4-3-7-20-10-13/h1-8,10-11H. The monoisotopic (exact) mass is 355 g/mol. The first-order valence-corrected chi connectivity index (χ1v) is 8.46. The van der Waals surface area contributed by atoms with E-state index in [0.717, 1.165) is 12.3 Å². The molecule has 0 aliphatic heterocycles. The predicted octanol–water partition coefficient (Wildman–Crippen LogP) is 2.61. The Kier molecular flexibility index (Phi) is 4.17. The molecule has 0 spiro atoms. The number of benzene rings is 1. The SMILES string of the molecule is N#Cc1c(C=O)cc(-c2ccccc2F)n1S(=O)(=O)c1cccnc1. The zero-order valence-electron chi connectivity index (χ0n) is 12.6. The highest BCUT2D eigenvalue weighted by Crippen LogP contribution is 2.31. The number of nitrogens with zero attached hydrogens (tertiary/aromatic N) is 3. The Hall–Kier alpha value is -3.31. The van der Waals surface area contributed by atoms with Crippen LogP contribution in [-0.4, -0.2) is 23.7 Å². The maximum Gasteiger partial charge on any atom is 0.270 e. The molecule has 8 heteroatoms. The van der Waals surface area contributed by atoms with Crippen molar-refractivity contribution in [3.63, 3.8) is 0 Å². The smallest absolute Gasteiger partial charge is 0.270 e. The van der Waals surface area contributed by atoms with E-state index in [9.17, 15) is 22.9 Å². The highest BCUT2D eigenvalue weighted by Gasteiger charge is 2.28. The highest BCUT2D eigenvalue weighted by molar-refractivity contribution is 7.90. The lowest BCUT2D eigenvalue weighted by molar-refractivity contribution is 0.112. The molecule has 3 aromatic rings. The average molecular weight is 355 g/mol. The van der Waals surface area contributed by atoms with Gasteiger partial charge in [-0.05, 0) is 30.3 Å². The fourth-order valence-corrected chi connectivity index (χ4v) is 3.87. The fourth-order valence-electron chi connectivity index (χ4n) is 2.42. The topological polar surface area (TPSA) is 92.8 Å². The quantitative estimate of drug-likeness (QED) is 0.671. The molecule has 0 fully saturated rings. The van der Waals surface area contributed by atoms with E-state index >= 15 is 0 Å². The Labute approximate surface area is 142 Å². The van der Waals surface area contributed by atoms with Crippen LogP contribution >= 0.6 is 0 Å².